The Hall–Kier alpha value is -3.13. The first-order valence-corrected chi connectivity index (χ1v) is 10.7. The second kappa shape index (κ2) is 10.1. The smallest absolute Gasteiger partial charge is 0.339 e. The predicted molar refractivity (Wildman–Crippen MR) is 107 cm³/mol. The number of ether oxygens (including phenoxy) is 1. The number of pyridine rings is 1. The van der Waals surface area contributed by atoms with Crippen LogP contribution in [0.3, 0.4) is 0 Å². The molecule has 0 radical (unpaired) electrons. The molecular formula is C19H23N6O4S+. The topological polar surface area (TPSA) is 125 Å². The molecule has 0 saturated carbocycles. The Morgan fingerprint density at radius 2 is 2.17 bits per heavy atom. The van der Waals surface area contributed by atoms with Crippen molar-refractivity contribution in [3.63, 3.8) is 0 Å². The predicted octanol–water partition coefficient (Wildman–Crippen LogP) is 1.57. The number of piperidine rings is 1. The normalized spacial score (nSPS) is 13.6. The molecule has 2 aromatic heterocycles. The molecular weight excluding hydrogens is 408 g/mol. The fraction of sp³-hybridized carbons (Fsp3) is 0.474. The van der Waals surface area contributed by atoms with Gasteiger partial charge >= 0.3 is 11.9 Å². The van der Waals surface area contributed by atoms with E-state index in [2.05, 4.69) is 15.6 Å². The standard InChI is InChI=1S/C19H22N6O4S/c1-3-28-19(27)14-9-13(2)21-18(15(14)10-20)30-12-16(26)22-17-11-25(23-29-17)24-7-5-4-6-8-24/h9,11H,3-8,12H2,1-2H3/p+1. The van der Waals surface area contributed by atoms with E-state index in [0.717, 1.165) is 37.7 Å². The molecule has 0 aliphatic carbocycles. The number of nitrogens with one attached hydrogen (secondary N) is 1. The summed E-state index contributed by atoms with van der Waals surface area (Å²) < 4.78 is 10.2. The van der Waals surface area contributed by atoms with E-state index in [1.165, 1.54) is 12.5 Å². The third-order valence-corrected chi connectivity index (χ3v) is 5.38. The van der Waals surface area contributed by atoms with Gasteiger partial charge in [-0.15, -0.1) is 0 Å². The van der Waals surface area contributed by atoms with E-state index < -0.39 is 5.97 Å². The summed E-state index contributed by atoms with van der Waals surface area (Å²) >= 11 is 1.06. The zero-order valence-corrected chi connectivity index (χ0v) is 17.7. The van der Waals surface area contributed by atoms with Crippen molar-refractivity contribution in [3.8, 4) is 6.07 Å². The highest BCUT2D eigenvalue weighted by molar-refractivity contribution is 8.00. The van der Waals surface area contributed by atoms with Gasteiger partial charge in [0.25, 0.3) is 6.20 Å². The number of carbonyl (C=O) groups excluding carboxylic acids is 2. The van der Waals surface area contributed by atoms with E-state index >= 15 is 0 Å². The molecule has 0 bridgehead atoms. The molecule has 10 nitrogen and oxygen atoms in total. The van der Waals surface area contributed by atoms with Crippen molar-refractivity contribution in [3.05, 3.63) is 29.1 Å². The molecule has 1 amide bonds. The van der Waals surface area contributed by atoms with Gasteiger partial charge in [0.05, 0.1) is 41.4 Å². The SMILES string of the molecule is CCOC(=O)c1cc(C)nc(SCC(=O)Nc2c[n+](N3CCCCC3)no2)c1C#N. The minimum Gasteiger partial charge on any atom is -0.462 e. The van der Waals surface area contributed by atoms with E-state index in [4.69, 9.17) is 9.26 Å². The van der Waals surface area contributed by atoms with Crippen LogP contribution >= 0.6 is 11.8 Å². The number of anilines is 1. The number of rotatable bonds is 7. The van der Waals surface area contributed by atoms with E-state index in [9.17, 15) is 14.9 Å². The van der Waals surface area contributed by atoms with Gasteiger partial charge in [-0.1, -0.05) is 11.8 Å². The number of hydrogen-bond donors (Lipinski definition) is 1. The van der Waals surface area contributed by atoms with Crippen molar-refractivity contribution < 1.29 is 23.6 Å². The first-order chi connectivity index (χ1) is 14.5. The van der Waals surface area contributed by atoms with Gasteiger partial charge in [0, 0.05) is 5.69 Å². The van der Waals surface area contributed by atoms with Crippen molar-refractivity contribution in [1.29, 1.82) is 5.26 Å². The van der Waals surface area contributed by atoms with Gasteiger partial charge in [-0.25, -0.2) is 9.78 Å². The van der Waals surface area contributed by atoms with Crippen LogP contribution in [0.25, 0.3) is 0 Å². The molecule has 1 N–H and O–H groups in total. The molecule has 11 heteroatoms. The van der Waals surface area contributed by atoms with Crippen molar-refractivity contribution in [2.24, 2.45) is 0 Å². The first kappa shape index (κ1) is 21.6. The van der Waals surface area contributed by atoms with E-state index in [-0.39, 0.29) is 35.3 Å². The lowest BCUT2D eigenvalue weighted by molar-refractivity contribution is -0.759. The summed E-state index contributed by atoms with van der Waals surface area (Å²) in [4.78, 5) is 30.4. The number of esters is 1. The maximum absolute atomic E-state index is 12.3. The molecule has 2 aromatic rings. The quantitative estimate of drug-likeness (QED) is 0.395. The Balaban J connectivity index is 1.64. The third kappa shape index (κ3) is 5.27. The fourth-order valence-corrected chi connectivity index (χ4v) is 3.89. The summed E-state index contributed by atoms with van der Waals surface area (Å²) in [6, 6.07) is 3.50. The maximum Gasteiger partial charge on any atom is 0.339 e. The van der Waals surface area contributed by atoms with E-state index in [1.54, 1.807) is 24.8 Å². The molecule has 1 aliphatic heterocycles. The second-order valence-electron chi connectivity index (χ2n) is 6.66. The summed E-state index contributed by atoms with van der Waals surface area (Å²) in [6.45, 7) is 5.38. The lowest BCUT2D eigenvalue weighted by atomic mass is 10.1. The lowest BCUT2D eigenvalue weighted by Crippen LogP contribution is -2.60. The number of aromatic nitrogens is 3. The van der Waals surface area contributed by atoms with Gasteiger partial charge in [0.1, 0.15) is 11.1 Å². The molecule has 0 atom stereocenters. The van der Waals surface area contributed by atoms with Crippen LogP contribution in [-0.4, -0.2) is 47.6 Å². The zero-order chi connectivity index (χ0) is 21.5. The van der Waals surface area contributed by atoms with Gasteiger partial charge in [-0.05, 0) is 39.2 Å². The van der Waals surface area contributed by atoms with Crippen molar-refractivity contribution >= 4 is 29.5 Å². The number of hydrogen-bond acceptors (Lipinski definition) is 9. The van der Waals surface area contributed by atoms with Crippen LogP contribution in [-0.2, 0) is 9.53 Å². The molecule has 0 spiro atoms. The van der Waals surface area contributed by atoms with Crippen molar-refractivity contribution in [2.45, 2.75) is 38.1 Å². The number of aryl methyl sites for hydroxylation is 1. The van der Waals surface area contributed by atoms with E-state index in [0.29, 0.717) is 10.7 Å². The number of amides is 1. The Bertz CT molecular complexity index is 964. The lowest BCUT2D eigenvalue weighted by Gasteiger charge is -2.17. The van der Waals surface area contributed by atoms with Crippen LogP contribution in [0.15, 0.2) is 21.8 Å². The third-order valence-electron chi connectivity index (χ3n) is 4.40. The second-order valence-corrected chi connectivity index (χ2v) is 7.63. The van der Waals surface area contributed by atoms with E-state index in [1.807, 2.05) is 11.1 Å². The summed E-state index contributed by atoms with van der Waals surface area (Å²) in [5, 5.41) is 18.4. The van der Waals surface area contributed by atoms with Gasteiger partial charge in [-0.2, -0.15) is 10.3 Å². The average Bonchev–Trinajstić information content (AvgIpc) is 3.21. The molecule has 3 rings (SSSR count). The minimum atomic E-state index is -0.588. The van der Waals surface area contributed by atoms with Crippen molar-refractivity contribution in [1.82, 2.24) is 10.3 Å². The zero-order valence-electron chi connectivity index (χ0n) is 16.9. The highest BCUT2D eigenvalue weighted by Crippen LogP contribution is 2.25. The first-order valence-electron chi connectivity index (χ1n) is 9.67. The Morgan fingerprint density at radius 1 is 1.40 bits per heavy atom. The summed E-state index contributed by atoms with van der Waals surface area (Å²) in [7, 11) is 0. The number of thioether (sulfide) groups is 1. The Kier molecular flexibility index (Phi) is 7.24. The molecule has 0 unspecified atom stereocenters. The number of nitrogens with zero attached hydrogens (tertiary/aromatic N) is 5. The molecule has 30 heavy (non-hydrogen) atoms. The monoisotopic (exact) mass is 431 g/mol. The minimum absolute atomic E-state index is 0.0161. The van der Waals surface area contributed by atoms with Crippen LogP contribution in [0.2, 0.25) is 0 Å². The van der Waals surface area contributed by atoms with Crippen LogP contribution in [0.1, 0.15) is 47.8 Å². The highest BCUT2D eigenvalue weighted by Gasteiger charge is 2.24. The molecule has 1 aliphatic rings. The van der Waals surface area contributed by atoms with Crippen molar-refractivity contribution in [2.75, 3.05) is 35.8 Å². The maximum atomic E-state index is 12.3. The van der Waals surface area contributed by atoms with Crippen LogP contribution in [0.5, 0.6) is 0 Å². The van der Waals surface area contributed by atoms with Crippen LogP contribution in [0.4, 0.5) is 5.88 Å². The summed E-state index contributed by atoms with van der Waals surface area (Å²) in [5.41, 5.74) is 0.796. The van der Waals surface area contributed by atoms with Gasteiger partial charge < -0.3 is 4.74 Å². The molecule has 3 heterocycles. The summed E-state index contributed by atoms with van der Waals surface area (Å²) in [5.74, 6) is -0.713. The molecule has 1 saturated heterocycles. The van der Waals surface area contributed by atoms with Gasteiger partial charge in [0.15, 0.2) is 0 Å². The molecule has 0 aromatic carbocycles. The number of carbonyl (C=O) groups is 2. The highest BCUT2D eigenvalue weighted by atomic mass is 32.2. The number of nitriles is 1. The molecule has 158 valence electrons. The summed E-state index contributed by atoms with van der Waals surface area (Å²) in [6.07, 6.45) is 5.01. The van der Waals surface area contributed by atoms with Crippen LogP contribution in [0, 0.1) is 18.3 Å². The molecule has 1 fully saturated rings. The largest absolute Gasteiger partial charge is 0.462 e. The Morgan fingerprint density at radius 3 is 2.87 bits per heavy atom. The van der Waals surface area contributed by atoms with Gasteiger partial charge in [-0.3, -0.25) is 14.6 Å². The van der Waals surface area contributed by atoms with Gasteiger partial charge in [0.2, 0.25) is 11.2 Å². The fourth-order valence-electron chi connectivity index (χ4n) is 3.04. The average molecular weight is 431 g/mol. The van der Waals surface area contributed by atoms with Crippen LogP contribution < -0.4 is 15.1 Å². The Labute approximate surface area is 178 Å².